The number of carboxylic acids is 1. The predicted molar refractivity (Wildman–Crippen MR) is 80.0 cm³/mol. The van der Waals surface area contributed by atoms with E-state index in [1.54, 1.807) is 11.8 Å². The molecule has 22 heavy (non-hydrogen) atoms. The van der Waals surface area contributed by atoms with Gasteiger partial charge in [-0.3, -0.25) is 9.59 Å². The van der Waals surface area contributed by atoms with Crippen molar-refractivity contribution in [1.82, 2.24) is 5.32 Å². The molecule has 7 heteroatoms. The van der Waals surface area contributed by atoms with E-state index in [0.29, 0.717) is 0 Å². The number of rotatable bonds is 8. The Kier molecular flexibility index (Phi) is 7.45. The van der Waals surface area contributed by atoms with Gasteiger partial charge in [0.1, 0.15) is 0 Å². The Balaban J connectivity index is 2.80. The van der Waals surface area contributed by atoms with E-state index >= 15 is 0 Å². The number of carbonyl (C=O) groups excluding carboxylic acids is 3. The summed E-state index contributed by atoms with van der Waals surface area (Å²) in [4.78, 5) is 34.7. The molecule has 0 saturated heterocycles. The molecule has 6 nitrogen and oxygen atoms in total. The molecule has 1 N–H and O–H groups in total. The molecule has 0 unspecified atom stereocenters. The average molecular weight is 324 g/mol. The van der Waals surface area contributed by atoms with E-state index in [9.17, 15) is 19.5 Å². The summed E-state index contributed by atoms with van der Waals surface area (Å²) < 4.78 is 4.63. The summed E-state index contributed by atoms with van der Waals surface area (Å²) in [6.07, 6.45) is 1.37. The average Bonchev–Trinajstić information content (AvgIpc) is 2.52. The molecule has 0 heterocycles. The minimum atomic E-state index is -1.29. The second-order valence-corrected chi connectivity index (χ2v) is 5.43. The minimum absolute atomic E-state index is 0.0217. The number of carboxylic acid groups (broad SMARTS) is 1. The Hall–Kier alpha value is -2.02. The van der Waals surface area contributed by atoms with Crippen LogP contribution in [0.15, 0.2) is 29.2 Å². The number of esters is 1. The summed E-state index contributed by atoms with van der Waals surface area (Å²) in [5.41, 5.74) is 0.755. The number of nitrogens with one attached hydrogen (secondary N) is 1. The first kappa shape index (κ1) is 18.0. The molecule has 0 radical (unpaired) electrons. The third-order valence-corrected chi connectivity index (χ3v) is 3.75. The standard InChI is InChI=1S/C15H19NO5S/c1-21-15(20)9-12(16-13(17)7-8-14(18)19)10-3-5-11(22-2)6-4-10/h3-6,12H,7-9H2,1-2H3,(H,16,17)(H,18,19)/p-1/t12-/m1/s1. The first-order valence-corrected chi connectivity index (χ1v) is 7.88. The smallest absolute Gasteiger partial charge is 0.307 e. The van der Waals surface area contributed by atoms with Crippen molar-refractivity contribution in [2.45, 2.75) is 30.2 Å². The van der Waals surface area contributed by atoms with Crippen molar-refractivity contribution >= 4 is 29.6 Å². The highest BCUT2D eigenvalue weighted by molar-refractivity contribution is 7.98. The van der Waals surface area contributed by atoms with E-state index in [-0.39, 0.29) is 19.3 Å². The lowest BCUT2D eigenvalue weighted by molar-refractivity contribution is -0.305. The van der Waals surface area contributed by atoms with Gasteiger partial charge in [-0.1, -0.05) is 12.1 Å². The molecular weight excluding hydrogens is 306 g/mol. The van der Waals surface area contributed by atoms with Crippen LogP contribution in [0.5, 0.6) is 0 Å². The molecule has 0 spiro atoms. The molecule has 120 valence electrons. The van der Waals surface area contributed by atoms with Crippen LogP contribution in [0.2, 0.25) is 0 Å². The van der Waals surface area contributed by atoms with Crippen LogP contribution in [0, 0.1) is 0 Å². The molecule has 0 bridgehead atoms. The van der Waals surface area contributed by atoms with Gasteiger partial charge in [0.25, 0.3) is 0 Å². The molecule has 1 atom stereocenters. The monoisotopic (exact) mass is 324 g/mol. The number of aliphatic carboxylic acids is 1. The van der Waals surface area contributed by atoms with Crippen molar-refractivity contribution in [2.24, 2.45) is 0 Å². The van der Waals surface area contributed by atoms with Crippen molar-refractivity contribution in [2.75, 3.05) is 13.4 Å². The number of hydrogen-bond donors (Lipinski definition) is 1. The number of amides is 1. The Morgan fingerprint density at radius 3 is 2.36 bits per heavy atom. The van der Waals surface area contributed by atoms with Gasteiger partial charge in [0.05, 0.1) is 19.6 Å². The maximum absolute atomic E-state index is 11.8. The summed E-state index contributed by atoms with van der Waals surface area (Å²) in [7, 11) is 1.27. The fraction of sp³-hybridized carbons (Fsp3) is 0.400. The molecular formula is C15H18NO5S-. The van der Waals surface area contributed by atoms with Crippen LogP contribution < -0.4 is 10.4 Å². The van der Waals surface area contributed by atoms with Crippen molar-refractivity contribution in [1.29, 1.82) is 0 Å². The fourth-order valence-electron chi connectivity index (χ4n) is 1.82. The molecule has 1 rings (SSSR count). The Morgan fingerprint density at radius 2 is 1.86 bits per heavy atom. The highest BCUT2D eigenvalue weighted by Crippen LogP contribution is 2.22. The highest BCUT2D eigenvalue weighted by Gasteiger charge is 2.18. The van der Waals surface area contributed by atoms with Gasteiger partial charge in [-0.25, -0.2) is 0 Å². The maximum Gasteiger partial charge on any atom is 0.307 e. The Morgan fingerprint density at radius 1 is 1.23 bits per heavy atom. The van der Waals surface area contributed by atoms with Crippen LogP contribution in [0.1, 0.15) is 30.9 Å². The van der Waals surface area contributed by atoms with Crippen LogP contribution in [-0.2, 0) is 19.1 Å². The predicted octanol–water partition coefficient (Wildman–Crippen LogP) is 0.659. The number of benzene rings is 1. The fourth-order valence-corrected chi connectivity index (χ4v) is 2.23. The van der Waals surface area contributed by atoms with Crippen molar-refractivity contribution in [3.05, 3.63) is 29.8 Å². The molecule has 0 aliphatic carbocycles. The van der Waals surface area contributed by atoms with Crippen LogP contribution in [-0.4, -0.2) is 31.2 Å². The van der Waals surface area contributed by atoms with E-state index in [2.05, 4.69) is 10.1 Å². The van der Waals surface area contributed by atoms with E-state index in [4.69, 9.17) is 0 Å². The lowest BCUT2D eigenvalue weighted by Gasteiger charge is -2.18. The normalized spacial score (nSPS) is 11.5. The van der Waals surface area contributed by atoms with E-state index in [0.717, 1.165) is 10.5 Å². The van der Waals surface area contributed by atoms with Gasteiger partial charge in [0, 0.05) is 17.3 Å². The Bertz CT molecular complexity index is 529. The quantitative estimate of drug-likeness (QED) is 0.557. The van der Waals surface area contributed by atoms with Gasteiger partial charge in [-0.2, -0.15) is 0 Å². The van der Waals surface area contributed by atoms with Gasteiger partial charge >= 0.3 is 5.97 Å². The summed E-state index contributed by atoms with van der Waals surface area (Å²) >= 11 is 1.58. The lowest BCUT2D eigenvalue weighted by atomic mass is 10.0. The third-order valence-electron chi connectivity index (χ3n) is 3.01. The van der Waals surface area contributed by atoms with Gasteiger partial charge in [-0.05, 0) is 30.4 Å². The van der Waals surface area contributed by atoms with Gasteiger partial charge in [0.15, 0.2) is 0 Å². The van der Waals surface area contributed by atoms with E-state index < -0.39 is 23.9 Å². The molecule has 1 amide bonds. The van der Waals surface area contributed by atoms with Crippen molar-refractivity contribution in [3.63, 3.8) is 0 Å². The second kappa shape index (κ2) is 9.09. The number of hydrogen-bond acceptors (Lipinski definition) is 6. The van der Waals surface area contributed by atoms with Gasteiger partial charge in [0.2, 0.25) is 5.91 Å². The summed E-state index contributed by atoms with van der Waals surface area (Å²) in [6, 6.07) is 6.85. The zero-order chi connectivity index (χ0) is 16.5. The van der Waals surface area contributed by atoms with Gasteiger partial charge < -0.3 is 20.0 Å². The second-order valence-electron chi connectivity index (χ2n) is 4.55. The van der Waals surface area contributed by atoms with Crippen molar-refractivity contribution in [3.8, 4) is 0 Å². The minimum Gasteiger partial charge on any atom is -0.550 e. The maximum atomic E-state index is 11.8. The third kappa shape index (κ3) is 6.17. The Labute approximate surface area is 133 Å². The largest absolute Gasteiger partial charge is 0.550 e. The number of methoxy groups -OCH3 is 1. The molecule has 1 aromatic carbocycles. The van der Waals surface area contributed by atoms with Crippen LogP contribution in [0.25, 0.3) is 0 Å². The number of ether oxygens (including phenoxy) is 1. The molecule has 1 aromatic rings. The zero-order valence-electron chi connectivity index (χ0n) is 12.5. The van der Waals surface area contributed by atoms with Crippen molar-refractivity contribution < 1.29 is 24.2 Å². The highest BCUT2D eigenvalue weighted by atomic mass is 32.2. The van der Waals surface area contributed by atoms with E-state index in [1.807, 2.05) is 30.5 Å². The van der Waals surface area contributed by atoms with Crippen LogP contribution in [0.3, 0.4) is 0 Å². The summed E-state index contributed by atoms with van der Waals surface area (Å²) in [5.74, 6) is -2.20. The first-order chi connectivity index (χ1) is 10.5. The number of thioether (sulfide) groups is 1. The van der Waals surface area contributed by atoms with E-state index in [1.165, 1.54) is 7.11 Å². The summed E-state index contributed by atoms with van der Waals surface area (Å²) in [6.45, 7) is 0. The van der Waals surface area contributed by atoms with Crippen LogP contribution >= 0.6 is 11.8 Å². The lowest BCUT2D eigenvalue weighted by Crippen LogP contribution is -2.32. The summed E-state index contributed by atoms with van der Waals surface area (Å²) in [5, 5.41) is 13.0. The molecule has 0 saturated carbocycles. The zero-order valence-corrected chi connectivity index (χ0v) is 13.3. The van der Waals surface area contributed by atoms with Gasteiger partial charge in [-0.15, -0.1) is 11.8 Å². The molecule has 0 fully saturated rings. The molecule has 0 aliphatic rings. The number of carbonyl (C=O) groups is 3. The molecule has 0 aromatic heterocycles. The first-order valence-electron chi connectivity index (χ1n) is 6.66. The molecule has 0 aliphatic heterocycles. The SMILES string of the molecule is COC(=O)C[C@@H](NC(=O)CCC(=O)[O-])c1ccc(SC)cc1. The topological polar surface area (TPSA) is 95.5 Å². The van der Waals surface area contributed by atoms with Crippen LogP contribution in [0.4, 0.5) is 0 Å².